The number of rotatable bonds is 2. The minimum Gasteiger partial charge on any atom is -0.316 e. The Kier molecular flexibility index (Phi) is 3.74. The van der Waals surface area contributed by atoms with Gasteiger partial charge in [0.2, 0.25) is 0 Å². The molecule has 3 atom stereocenters. The Morgan fingerprint density at radius 3 is 2.86 bits per heavy atom. The first-order valence-electron chi connectivity index (χ1n) is 5.80. The van der Waals surface area contributed by atoms with Crippen LogP contribution in [0, 0.1) is 11.8 Å². The number of hydrogen-bond donors (Lipinski definition) is 1. The maximum Gasteiger partial charge on any atom is 0.0158 e. The molecule has 14 heavy (non-hydrogen) atoms. The maximum absolute atomic E-state index is 3.49. The lowest BCUT2D eigenvalue weighted by Gasteiger charge is -2.35. The first-order valence-corrected chi connectivity index (χ1v) is 6.95. The number of hydrogen-bond acceptors (Lipinski definition) is 3. The van der Waals surface area contributed by atoms with Gasteiger partial charge in [-0.2, -0.15) is 11.8 Å². The van der Waals surface area contributed by atoms with Crippen LogP contribution in [-0.4, -0.2) is 48.6 Å². The molecule has 2 fully saturated rings. The molecule has 0 aliphatic carbocycles. The van der Waals surface area contributed by atoms with E-state index in [4.69, 9.17) is 0 Å². The number of nitrogens with zero attached hydrogens (tertiary/aromatic N) is 1. The van der Waals surface area contributed by atoms with Gasteiger partial charge in [0.25, 0.3) is 0 Å². The predicted octanol–water partition coefficient (Wildman–Crippen LogP) is 1.28. The van der Waals surface area contributed by atoms with Gasteiger partial charge in [-0.1, -0.05) is 6.92 Å². The van der Waals surface area contributed by atoms with E-state index in [1.807, 2.05) is 0 Å². The molecule has 1 unspecified atom stereocenters. The van der Waals surface area contributed by atoms with Gasteiger partial charge >= 0.3 is 0 Å². The molecule has 0 amide bonds. The van der Waals surface area contributed by atoms with E-state index < -0.39 is 0 Å². The Morgan fingerprint density at radius 2 is 2.21 bits per heavy atom. The van der Waals surface area contributed by atoms with Crippen LogP contribution in [0.5, 0.6) is 0 Å². The van der Waals surface area contributed by atoms with Crippen molar-refractivity contribution in [2.45, 2.75) is 19.9 Å². The molecule has 0 aromatic rings. The van der Waals surface area contributed by atoms with Crippen molar-refractivity contribution in [2.75, 3.05) is 37.7 Å². The lowest BCUT2D eigenvalue weighted by Crippen LogP contribution is -2.44. The van der Waals surface area contributed by atoms with Gasteiger partial charge in [-0.15, -0.1) is 0 Å². The zero-order chi connectivity index (χ0) is 9.97. The monoisotopic (exact) mass is 214 g/mol. The van der Waals surface area contributed by atoms with Crippen LogP contribution in [0.4, 0.5) is 0 Å². The smallest absolute Gasteiger partial charge is 0.0158 e. The minimum atomic E-state index is 0.793. The van der Waals surface area contributed by atoms with Crippen molar-refractivity contribution in [3.05, 3.63) is 0 Å². The van der Waals surface area contributed by atoms with Crippen molar-refractivity contribution in [2.24, 2.45) is 11.8 Å². The average Bonchev–Trinajstić information content (AvgIpc) is 2.56. The summed E-state index contributed by atoms with van der Waals surface area (Å²) in [4.78, 5) is 2.69. The molecule has 3 heteroatoms. The van der Waals surface area contributed by atoms with E-state index in [1.165, 1.54) is 37.7 Å². The van der Waals surface area contributed by atoms with Gasteiger partial charge in [-0.05, 0) is 31.8 Å². The molecule has 0 bridgehead atoms. The minimum absolute atomic E-state index is 0.793. The Morgan fingerprint density at radius 1 is 1.36 bits per heavy atom. The molecule has 1 N–H and O–H groups in total. The summed E-state index contributed by atoms with van der Waals surface area (Å²) in [6.07, 6.45) is 0. The van der Waals surface area contributed by atoms with Crippen LogP contribution in [0.25, 0.3) is 0 Å². The van der Waals surface area contributed by atoms with Gasteiger partial charge in [-0.25, -0.2) is 0 Å². The highest BCUT2D eigenvalue weighted by Gasteiger charge is 2.27. The molecule has 2 saturated heterocycles. The molecular weight excluding hydrogens is 192 g/mol. The summed E-state index contributed by atoms with van der Waals surface area (Å²) >= 11 is 2.11. The fourth-order valence-corrected chi connectivity index (χ4v) is 3.52. The van der Waals surface area contributed by atoms with Crippen LogP contribution < -0.4 is 5.32 Å². The highest BCUT2D eigenvalue weighted by molar-refractivity contribution is 7.99. The summed E-state index contributed by atoms with van der Waals surface area (Å²) in [6.45, 7) is 9.83. The predicted molar refractivity (Wildman–Crippen MR) is 63.9 cm³/mol. The number of thioether (sulfide) groups is 1. The van der Waals surface area contributed by atoms with Crippen molar-refractivity contribution >= 4 is 11.8 Å². The van der Waals surface area contributed by atoms with E-state index in [0.717, 1.165) is 17.9 Å². The van der Waals surface area contributed by atoms with Crippen LogP contribution in [0.3, 0.4) is 0 Å². The Balaban J connectivity index is 1.83. The van der Waals surface area contributed by atoms with Crippen molar-refractivity contribution in [3.63, 3.8) is 0 Å². The van der Waals surface area contributed by atoms with Crippen LogP contribution in [0.15, 0.2) is 0 Å². The number of nitrogens with one attached hydrogen (secondary N) is 1. The first kappa shape index (κ1) is 10.8. The quantitative estimate of drug-likeness (QED) is 0.745. The summed E-state index contributed by atoms with van der Waals surface area (Å²) in [7, 11) is 0. The largest absolute Gasteiger partial charge is 0.316 e. The summed E-state index contributed by atoms with van der Waals surface area (Å²) in [5.41, 5.74) is 0. The van der Waals surface area contributed by atoms with Crippen molar-refractivity contribution in [1.82, 2.24) is 10.2 Å². The van der Waals surface area contributed by atoms with Gasteiger partial charge in [0.1, 0.15) is 0 Å². The standard InChI is InChI=1S/C11H22N2S/c1-9-5-12-6-11(9)7-13-3-4-14-8-10(13)2/h9-12H,3-8H2,1-2H3/t9-,10?,11+/m1/s1. The zero-order valence-electron chi connectivity index (χ0n) is 9.33. The topological polar surface area (TPSA) is 15.3 Å². The molecule has 2 rings (SSSR count). The Hall–Kier alpha value is 0.270. The zero-order valence-corrected chi connectivity index (χ0v) is 10.1. The van der Waals surface area contributed by atoms with Crippen LogP contribution in [0.2, 0.25) is 0 Å². The molecule has 0 radical (unpaired) electrons. The van der Waals surface area contributed by atoms with Crippen LogP contribution in [-0.2, 0) is 0 Å². The third-order valence-corrected chi connectivity index (χ3v) is 4.84. The van der Waals surface area contributed by atoms with Gasteiger partial charge in [0, 0.05) is 30.6 Å². The van der Waals surface area contributed by atoms with Crippen LogP contribution >= 0.6 is 11.8 Å². The lowest BCUT2D eigenvalue weighted by molar-refractivity contribution is 0.186. The summed E-state index contributed by atoms with van der Waals surface area (Å²) in [5, 5.41) is 3.49. The summed E-state index contributed by atoms with van der Waals surface area (Å²) in [5.74, 6) is 4.42. The molecule has 0 aromatic heterocycles. The SMILES string of the molecule is CC1CSCCN1C[C@@H]1CNC[C@H]1C. The fraction of sp³-hybridized carbons (Fsp3) is 1.00. The van der Waals surface area contributed by atoms with E-state index in [-0.39, 0.29) is 0 Å². The van der Waals surface area contributed by atoms with Crippen molar-refractivity contribution in [3.8, 4) is 0 Å². The molecule has 2 aliphatic heterocycles. The van der Waals surface area contributed by atoms with E-state index >= 15 is 0 Å². The summed E-state index contributed by atoms with van der Waals surface area (Å²) < 4.78 is 0. The van der Waals surface area contributed by atoms with Gasteiger partial charge < -0.3 is 5.32 Å². The molecular formula is C11H22N2S. The third kappa shape index (κ3) is 2.44. The molecule has 2 nitrogen and oxygen atoms in total. The Bertz CT molecular complexity index is 186. The van der Waals surface area contributed by atoms with Gasteiger partial charge in [-0.3, -0.25) is 4.90 Å². The van der Waals surface area contributed by atoms with Crippen LogP contribution in [0.1, 0.15) is 13.8 Å². The average molecular weight is 214 g/mol. The van der Waals surface area contributed by atoms with Crippen molar-refractivity contribution in [1.29, 1.82) is 0 Å². The van der Waals surface area contributed by atoms with E-state index in [9.17, 15) is 0 Å². The van der Waals surface area contributed by atoms with E-state index in [0.29, 0.717) is 0 Å². The molecule has 0 spiro atoms. The maximum atomic E-state index is 3.49. The highest BCUT2D eigenvalue weighted by atomic mass is 32.2. The fourth-order valence-electron chi connectivity index (χ4n) is 2.44. The van der Waals surface area contributed by atoms with Gasteiger partial charge in [0.05, 0.1) is 0 Å². The lowest BCUT2D eigenvalue weighted by atomic mass is 9.97. The molecule has 0 saturated carbocycles. The molecule has 2 heterocycles. The van der Waals surface area contributed by atoms with E-state index in [1.54, 1.807) is 0 Å². The second-order valence-electron chi connectivity index (χ2n) is 4.81. The molecule has 0 aromatic carbocycles. The highest BCUT2D eigenvalue weighted by Crippen LogP contribution is 2.22. The second kappa shape index (κ2) is 4.86. The Labute approximate surface area is 91.8 Å². The third-order valence-electron chi connectivity index (χ3n) is 3.65. The normalized spacial score (nSPS) is 40.3. The van der Waals surface area contributed by atoms with Crippen molar-refractivity contribution < 1.29 is 0 Å². The van der Waals surface area contributed by atoms with E-state index in [2.05, 4.69) is 35.8 Å². The first-order chi connectivity index (χ1) is 6.77. The molecule has 2 aliphatic rings. The molecule has 82 valence electrons. The van der Waals surface area contributed by atoms with Gasteiger partial charge in [0.15, 0.2) is 0 Å². The summed E-state index contributed by atoms with van der Waals surface area (Å²) in [6, 6.07) is 0.793. The second-order valence-corrected chi connectivity index (χ2v) is 5.96.